The third kappa shape index (κ3) is 1.48. The van der Waals surface area contributed by atoms with Crippen LogP contribution in [0.4, 0.5) is 0 Å². The number of fused-ring (bicyclic) bond motifs is 2. The van der Waals surface area contributed by atoms with Crippen LogP contribution in [0.1, 0.15) is 0 Å². The van der Waals surface area contributed by atoms with E-state index in [4.69, 9.17) is 14.2 Å². The summed E-state index contributed by atoms with van der Waals surface area (Å²) in [6, 6.07) is 0. The minimum atomic E-state index is -1.12. The van der Waals surface area contributed by atoms with E-state index in [1.165, 1.54) is 14.2 Å². The summed E-state index contributed by atoms with van der Waals surface area (Å²) in [5, 5.41) is 0. The van der Waals surface area contributed by atoms with Gasteiger partial charge >= 0.3 is 11.9 Å². The van der Waals surface area contributed by atoms with Gasteiger partial charge in [0.1, 0.15) is 11.8 Å². The molecule has 0 aliphatic carbocycles. The number of alkyl halides is 1. The molecular formula is C12H13BrO5. The van der Waals surface area contributed by atoms with E-state index < -0.39 is 34.4 Å². The molecule has 0 saturated carbocycles. The Bertz CT molecular complexity index is 457. The largest absolute Gasteiger partial charge is 0.469 e. The van der Waals surface area contributed by atoms with Gasteiger partial charge in [0.15, 0.2) is 4.51 Å². The highest BCUT2D eigenvalue weighted by molar-refractivity contribution is 9.10. The molecule has 0 radical (unpaired) electrons. The Morgan fingerprint density at radius 2 is 1.83 bits per heavy atom. The van der Waals surface area contributed by atoms with E-state index in [0.717, 1.165) is 0 Å². The van der Waals surface area contributed by atoms with E-state index in [1.807, 2.05) is 0 Å². The lowest BCUT2D eigenvalue weighted by atomic mass is 9.75. The fraction of sp³-hybridized carbons (Fsp3) is 0.500. The number of hydrogen-bond donors (Lipinski definition) is 0. The van der Waals surface area contributed by atoms with Gasteiger partial charge in [0.25, 0.3) is 0 Å². The van der Waals surface area contributed by atoms with Gasteiger partial charge in [-0.3, -0.25) is 9.59 Å². The number of hydrogen-bond acceptors (Lipinski definition) is 5. The summed E-state index contributed by atoms with van der Waals surface area (Å²) in [6.07, 6.45) is -0.603. The topological polar surface area (TPSA) is 61.8 Å². The van der Waals surface area contributed by atoms with Gasteiger partial charge in [0, 0.05) is 0 Å². The van der Waals surface area contributed by atoms with Crippen LogP contribution < -0.4 is 0 Å². The van der Waals surface area contributed by atoms with Gasteiger partial charge in [-0.25, -0.2) is 0 Å². The Morgan fingerprint density at radius 3 is 2.33 bits per heavy atom. The minimum absolute atomic E-state index is 0.523. The van der Waals surface area contributed by atoms with Gasteiger partial charge in [0.05, 0.1) is 20.3 Å². The average molecular weight is 317 g/mol. The molecule has 2 aliphatic heterocycles. The lowest BCUT2D eigenvalue weighted by Gasteiger charge is -2.31. The summed E-state index contributed by atoms with van der Waals surface area (Å²) in [5.74, 6) is -2.65. The van der Waals surface area contributed by atoms with E-state index in [1.54, 1.807) is 0 Å². The normalized spacial score (nSPS) is 37.8. The zero-order valence-corrected chi connectivity index (χ0v) is 11.7. The van der Waals surface area contributed by atoms with Crippen molar-refractivity contribution >= 4 is 27.9 Å². The zero-order valence-electron chi connectivity index (χ0n) is 10.1. The number of ether oxygens (including phenoxy) is 3. The molecule has 0 unspecified atom stereocenters. The summed E-state index contributed by atoms with van der Waals surface area (Å²) in [5.41, 5.74) is 1.16. The van der Waals surface area contributed by atoms with Gasteiger partial charge in [-0.2, -0.15) is 0 Å². The highest BCUT2D eigenvalue weighted by atomic mass is 79.9. The Balaban J connectivity index is 2.47. The third-order valence-corrected chi connectivity index (χ3v) is 4.61. The van der Waals surface area contributed by atoms with Crippen LogP contribution >= 0.6 is 15.9 Å². The molecule has 0 aromatic heterocycles. The monoisotopic (exact) mass is 316 g/mol. The molecule has 6 heteroatoms. The maximum atomic E-state index is 11.9. The first kappa shape index (κ1) is 13.3. The highest BCUT2D eigenvalue weighted by Gasteiger charge is 2.68. The first-order chi connectivity index (χ1) is 8.38. The number of carbonyl (C=O) groups excluding carboxylic acids is 2. The van der Waals surface area contributed by atoms with Gasteiger partial charge in [-0.05, 0) is 27.1 Å². The molecule has 2 bridgehead atoms. The predicted octanol–water partition coefficient (Wildman–Crippen LogP) is 1.18. The van der Waals surface area contributed by atoms with Crippen molar-refractivity contribution in [1.29, 1.82) is 0 Å². The fourth-order valence-electron chi connectivity index (χ4n) is 2.50. The molecule has 4 atom stereocenters. The van der Waals surface area contributed by atoms with Gasteiger partial charge in [-0.15, -0.1) is 0 Å². The van der Waals surface area contributed by atoms with Crippen LogP contribution in [0.2, 0.25) is 0 Å². The molecule has 2 fully saturated rings. The number of esters is 2. The SMILES string of the molecule is C=C1C(=C)[C@@]2(Br)O[C@@H]1[C@@H](C(=O)OC)[C@@H]2C(=O)OC. The lowest BCUT2D eigenvalue weighted by molar-refractivity contribution is -0.157. The molecule has 5 nitrogen and oxygen atoms in total. The Hall–Kier alpha value is -1.14. The number of halogens is 1. The number of carbonyl (C=O) groups is 2. The Kier molecular flexibility index (Phi) is 3.11. The summed E-state index contributed by atoms with van der Waals surface area (Å²) in [4.78, 5) is 23.7. The average Bonchev–Trinajstić information content (AvgIpc) is 2.79. The standard InChI is InChI=1S/C12H13BrO5/c1-5-6(2)12(13)8(11(15)17-4)7(9(5)18-12)10(14)16-3/h7-9H,1-2H2,3-4H3/t7-,8+,9-,12+/m0/s1. The smallest absolute Gasteiger partial charge is 0.313 e. The van der Waals surface area contributed by atoms with Crippen molar-refractivity contribution < 1.29 is 23.8 Å². The van der Waals surface area contributed by atoms with E-state index in [2.05, 4.69) is 29.1 Å². The van der Waals surface area contributed by atoms with Crippen LogP contribution in [0, 0.1) is 11.8 Å². The first-order valence-electron chi connectivity index (χ1n) is 5.29. The molecular weight excluding hydrogens is 304 g/mol. The van der Waals surface area contributed by atoms with Crippen molar-refractivity contribution in [3.05, 3.63) is 24.3 Å². The van der Waals surface area contributed by atoms with Crippen molar-refractivity contribution in [1.82, 2.24) is 0 Å². The molecule has 0 aromatic rings. The van der Waals surface area contributed by atoms with Crippen LogP contribution in [-0.2, 0) is 23.8 Å². The molecule has 98 valence electrons. The third-order valence-electron chi connectivity index (χ3n) is 3.45. The van der Waals surface area contributed by atoms with Crippen LogP contribution in [0.15, 0.2) is 24.3 Å². The van der Waals surface area contributed by atoms with Gasteiger partial charge in [0.2, 0.25) is 0 Å². The zero-order chi connectivity index (χ0) is 13.7. The van der Waals surface area contributed by atoms with E-state index >= 15 is 0 Å². The molecule has 0 aromatic carbocycles. The summed E-state index contributed by atoms with van der Waals surface area (Å²) < 4.78 is 14.0. The van der Waals surface area contributed by atoms with E-state index in [9.17, 15) is 9.59 Å². The second kappa shape index (κ2) is 4.20. The Morgan fingerprint density at radius 1 is 1.28 bits per heavy atom. The number of rotatable bonds is 2. The molecule has 0 N–H and O–H groups in total. The van der Waals surface area contributed by atoms with Crippen molar-refractivity contribution in [2.24, 2.45) is 11.8 Å². The van der Waals surface area contributed by atoms with Crippen LogP contribution in [0.3, 0.4) is 0 Å². The van der Waals surface area contributed by atoms with Crippen molar-refractivity contribution in [2.45, 2.75) is 10.6 Å². The van der Waals surface area contributed by atoms with Crippen molar-refractivity contribution in [3.8, 4) is 0 Å². The predicted molar refractivity (Wildman–Crippen MR) is 65.8 cm³/mol. The van der Waals surface area contributed by atoms with Crippen molar-refractivity contribution in [2.75, 3.05) is 14.2 Å². The second-order valence-electron chi connectivity index (χ2n) is 4.24. The molecule has 0 amide bonds. The molecule has 0 spiro atoms. The summed E-state index contributed by atoms with van der Waals surface area (Å²) in [6.45, 7) is 7.68. The van der Waals surface area contributed by atoms with Gasteiger partial charge < -0.3 is 14.2 Å². The Labute approximate surface area is 113 Å². The molecule has 2 rings (SSSR count). The highest BCUT2D eigenvalue weighted by Crippen LogP contribution is 2.59. The first-order valence-corrected chi connectivity index (χ1v) is 6.08. The van der Waals surface area contributed by atoms with Crippen LogP contribution in [-0.4, -0.2) is 36.8 Å². The molecule has 18 heavy (non-hydrogen) atoms. The maximum Gasteiger partial charge on any atom is 0.313 e. The van der Waals surface area contributed by atoms with Crippen LogP contribution in [0.5, 0.6) is 0 Å². The van der Waals surface area contributed by atoms with Crippen LogP contribution in [0.25, 0.3) is 0 Å². The molecule has 2 aliphatic rings. The summed E-state index contributed by atoms with van der Waals surface area (Å²) >= 11 is 3.35. The molecule has 2 heterocycles. The fourth-order valence-corrected chi connectivity index (χ4v) is 3.42. The second-order valence-corrected chi connectivity index (χ2v) is 5.42. The van der Waals surface area contributed by atoms with Crippen molar-refractivity contribution in [3.63, 3.8) is 0 Å². The molecule has 2 saturated heterocycles. The number of methoxy groups -OCH3 is 2. The maximum absolute atomic E-state index is 11.9. The van der Waals surface area contributed by atoms with E-state index in [0.29, 0.717) is 11.1 Å². The quantitative estimate of drug-likeness (QED) is 0.565. The summed E-state index contributed by atoms with van der Waals surface area (Å²) in [7, 11) is 2.53. The van der Waals surface area contributed by atoms with Gasteiger partial charge in [-0.1, -0.05) is 13.2 Å². The van der Waals surface area contributed by atoms with E-state index in [-0.39, 0.29) is 0 Å². The minimum Gasteiger partial charge on any atom is -0.469 e. The lowest BCUT2D eigenvalue weighted by Crippen LogP contribution is -2.44.